The minimum Gasteiger partial charge on any atom is -0.458 e. The number of hydrogen-bond acceptors (Lipinski definition) is 6. The molecular formula is C30H38N4O5Si. The Hall–Kier alpha value is -3.47. The van der Waals surface area contributed by atoms with Crippen molar-refractivity contribution in [2.24, 2.45) is 0 Å². The topological polar surface area (TPSA) is 100 Å². The summed E-state index contributed by atoms with van der Waals surface area (Å²) < 4.78 is 23.1. The van der Waals surface area contributed by atoms with Gasteiger partial charge in [0.05, 0.1) is 24.2 Å². The SMILES string of the molecule is Cc1cn([C@H]2C[C@H](Oc3nc4ccccc4n3Cc3ccccc3)[C@@H](CO[Si](C)(C)C(C)(C)C)O2)c(=O)[nH]c1=O. The van der Waals surface area contributed by atoms with Gasteiger partial charge in [0, 0.05) is 18.2 Å². The Morgan fingerprint density at radius 1 is 1.07 bits per heavy atom. The lowest BCUT2D eigenvalue weighted by Crippen LogP contribution is -2.44. The third kappa shape index (κ3) is 5.70. The Bertz CT molecular complexity index is 1600. The van der Waals surface area contributed by atoms with Gasteiger partial charge < -0.3 is 13.9 Å². The fourth-order valence-electron chi connectivity index (χ4n) is 4.65. The Morgan fingerprint density at radius 3 is 2.50 bits per heavy atom. The highest BCUT2D eigenvalue weighted by molar-refractivity contribution is 6.74. The van der Waals surface area contributed by atoms with Gasteiger partial charge in [0.2, 0.25) is 0 Å². The third-order valence-electron chi connectivity index (χ3n) is 8.11. The first-order valence-electron chi connectivity index (χ1n) is 13.7. The van der Waals surface area contributed by atoms with Gasteiger partial charge >= 0.3 is 5.69 Å². The molecule has 0 amide bonds. The molecule has 3 heterocycles. The van der Waals surface area contributed by atoms with Gasteiger partial charge in [-0.2, -0.15) is 4.98 Å². The molecule has 0 spiro atoms. The van der Waals surface area contributed by atoms with Crippen molar-refractivity contribution in [3.8, 4) is 6.01 Å². The molecule has 0 saturated carbocycles. The van der Waals surface area contributed by atoms with Gasteiger partial charge in [-0.1, -0.05) is 63.2 Å². The molecule has 9 nitrogen and oxygen atoms in total. The first-order chi connectivity index (χ1) is 18.9. The predicted octanol–water partition coefficient (Wildman–Crippen LogP) is 5.00. The molecule has 0 bridgehead atoms. The van der Waals surface area contributed by atoms with Crippen LogP contribution >= 0.6 is 0 Å². The summed E-state index contributed by atoms with van der Waals surface area (Å²) in [5.74, 6) is 0. The van der Waals surface area contributed by atoms with E-state index in [1.807, 2.05) is 42.5 Å². The van der Waals surface area contributed by atoms with Crippen LogP contribution in [0.25, 0.3) is 11.0 Å². The number of benzene rings is 2. The van der Waals surface area contributed by atoms with Crippen molar-refractivity contribution in [3.05, 3.63) is 92.8 Å². The Balaban J connectivity index is 1.48. The fraction of sp³-hybridized carbons (Fsp3) is 0.433. The van der Waals surface area contributed by atoms with Crippen molar-refractivity contribution in [1.29, 1.82) is 0 Å². The number of fused-ring (bicyclic) bond motifs is 1. The highest BCUT2D eigenvalue weighted by atomic mass is 28.4. The molecule has 0 aliphatic carbocycles. The smallest absolute Gasteiger partial charge is 0.330 e. The number of hydrogen-bond donors (Lipinski definition) is 1. The van der Waals surface area contributed by atoms with Crippen LogP contribution in [0.15, 0.2) is 70.4 Å². The molecule has 4 aromatic rings. The van der Waals surface area contributed by atoms with E-state index in [4.69, 9.17) is 18.9 Å². The second-order valence-electron chi connectivity index (χ2n) is 12.0. The van der Waals surface area contributed by atoms with E-state index in [-0.39, 0.29) is 5.04 Å². The number of aromatic amines is 1. The largest absolute Gasteiger partial charge is 0.458 e. The van der Waals surface area contributed by atoms with Crippen molar-refractivity contribution in [2.75, 3.05) is 6.61 Å². The number of imidazole rings is 1. The van der Waals surface area contributed by atoms with Gasteiger partial charge in [-0.3, -0.25) is 18.9 Å². The van der Waals surface area contributed by atoms with Crippen LogP contribution in [0, 0.1) is 6.92 Å². The third-order valence-corrected chi connectivity index (χ3v) is 12.6. The van der Waals surface area contributed by atoms with Crippen molar-refractivity contribution in [2.45, 2.75) is 77.2 Å². The van der Waals surface area contributed by atoms with Crippen molar-refractivity contribution < 1.29 is 13.9 Å². The summed E-state index contributed by atoms with van der Waals surface area (Å²) in [6.45, 7) is 13.6. The highest BCUT2D eigenvalue weighted by Crippen LogP contribution is 2.38. The van der Waals surface area contributed by atoms with E-state index in [9.17, 15) is 9.59 Å². The quantitative estimate of drug-likeness (QED) is 0.304. The van der Waals surface area contributed by atoms with Gasteiger partial charge in [-0.25, -0.2) is 4.79 Å². The van der Waals surface area contributed by atoms with Gasteiger partial charge in [0.1, 0.15) is 18.4 Å². The molecule has 40 heavy (non-hydrogen) atoms. The molecule has 1 saturated heterocycles. The number of nitrogens with zero attached hydrogens (tertiary/aromatic N) is 3. The molecule has 2 aromatic carbocycles. The van der Waals surface area contributed by atoms with Crippen molar-refractivity contribution >= 4 is 19.4 Å². The molecule has 1 N–H and O–H groups in total. The molecule has 3 atom stereocenters. The maximum atomic E-state index is 12.7. The normalized spacial score (nSPS) is 19.8. The Labute approximate surface area is 234 Å². The zero-order valence-electron chi connectivity index (χ0n) is 24.0. The van der Waals surface area contributed by atoms with E-state index < -0.39 is 38.0 Å². The summed E-state index contributed by atoms with van der Waals surface area (Å²) in [7, 11) is -2.08. The lowest BCUT2D eigenvalue weighted by atomic mass is 10.2. The molecule has 1 aliphatic heterocycles. The number of para-hydroxylation sites is 2. The zero-order valence-corrected chi connectivity index (χ0v) is 25.0. The van der Waals surface area contributed by atoms with Crippen LogP contribution in [-0.4, -0.2) is 46.2 Å². The minimum absolute atomic E-state index is 0.0258. The van der Waals surface area contributed by atoms with E-state index in [0.29, 0.717) is 31.1 Å². The summed E-state index contributed by atoms with van der Waals surface area (Å²) >= 11 is 0. The van der Waals surface area contributed by atoms with Crippen LogP contribution < -0.4 is 16.0 Å². The number of H-pyrrole nitrogens is 1. The maximum Gasteiger partial charge on any atom is 0.330 e. The molecule has 2 aromatic heterocycles. The van der Waals surface area contributed by atoms with Gasteiger partial charge in [0.25, 0.3) is 11.6 Å². The number of rotatable bonds is 8. The average Bonchev–Trinajstić information content (AvgIpc) is 3.46. The maximum absolute atomic E-state index is 12.7. The number of aryl methyl sites for hydroxylation is 1. The standard InChI is InChI=1S/C30H38N4O5Si/c1-20-17-34(28(36)32-27(20)35)26-16-24(25(38-26)19-37-40(5,6)30(2,3)4)39-29-31-22-14-10-11-15-23(22)33(29)18-21-12-8-7-9-13-21/h7-15,17,24-26H,16,18-19H2,1-6H3,(H,32,35,36)/t24-,25+,26+/m0/s1. The van der Waals surface area contributed by atoms with Crippen LogP contribution in [-0.2, 0) is 15.7 Å². The molecule has 1 fully saturated rings. The second-order valence-corrected chi connectivity index (χ2v) is 16.8. The van der Waals surface area contributed by atoms with Gasteiger partial charge in [0.15, 0.2) is 8.32 Å². The lowest BCUT2D eigenvalue weighted by Gasteiger charge is -2.37. The highest BCUT2D eigenvalue weighted by Gasteiger charge is 2.43. The summed E-state index contributed by atoms with van der Waals surface area (Å²) in [6.07, 6.45) is 0.451. The minimum atomic E-state index is -2.08. The van der Waals surface area contributed by atoms with E-state index in [1.54, 1.807) is 13.1 Å². The monoisotopic (exact) mass is 562 g/mol. The summed E-state index contributed by atoms with van der Waals surface area (Å²) in [5.41, 5.74) is 2.46. The van der Waals surface area contributed by atoms with Crippen LogP contribution in [0.2, 0.25) is 18.1 Å². The Kier molecular flexibility index (Phi) is 7.60. The molecular weight excluding hydrogens is 524 g/mol. The average molecular weight is 563 g/mol. The second kappa shape index (κ2) is 10.8. The lowest BCUT2D eigenvalue weighted by molar-refractivity contribution is -0.0408. The molecule has 0 unspecified atom stereocenters. The number of nitrogens with one attached hydrogen (secondary N) is 1. The number of aromatic nitrogens is 4. The fourth-order valence-corrected chi connectivity index (χ4v) is 5.66. The Morgan fingerprint density at radius 2 is 1.77 bits per heavy atom. The first kappa shape index (κ1) is 28.1. The predicted molar refractivity (Wildman–Crippen MR) is 157 cm³/mol. The molecule has 1 aliphatic rings. The summed E-state index contributed by atoms with van der Waals surface area (Å²) in [4.78, 5) is 31.9. The van der Waals surface area contributed by atoms with E-state index in [1.165, 1.54) is 4.57 Å². The molecule has 212 valence electrons. The van der Waals surface area contributed by atoms with Crippen molar-refractivity contribution in [1.82, 2.24) is 19.1 Å². The van der Waals surface area contributed by atoms with Crippen LogP contribution in [0.4, 0.5) is 0 Å². The summed E-state index contributed by atoms with van der Waals surface area (Å²) in [5, 5.41) is 0.0258. The van der Waals surface area contributed by atoms with Gasteiger partial charge in [-0.15, -0.1) is 0 Å². The van der Waals surface area contributed by atoms with Crippen LogP contribution in [0.1, 0.15) is 44.5 Å². The molecule has 10 heteroatoms. The van der Waals surface area contributed by atoms with Crippen LogP contribution in [0.3, 0.4) is 0 Å². The van der Waals surface area contributed by atoms with Crippen molar-refractivity contribution in [3.63, 3.8) is 0 Å². The van der Waals surface area contributed by atoms with Gasteiger partial charge in [-0.05, 0) is 42.8 Å². The zero-order chi connectivity index (χ0) is 28.7. The van der Waals surface area contributed by atoms with E-state index in [2.05, 4.69) is 55.5 Å². The number of ether oxygens (including phenoxy) is 2. The summed E-state index contributed by atoms with van der Waals surface area (Å²) in [6, 6.07) is 18.6. The molecule has 0 radical (unpaired) electrons. The molecule has 5 rings (SSSR count). The first-order valence-corrected chi connectivity index (χ1v) is 16.6. The van der Waals surface area contributed by atoms with E-state index >= 15 is 0 Å². The van der Waals surface area contributed by atoms with Crippen LogP contribution in [0.5, 0.6) is 6.01 Å². The van der Waals surface area contributed by atoms with E-state index in [0.717, 1.165) is 16.6 Å².